The lowest BCUT2D eigenvalue weighted by Crippen LogP contribution is -2.56. The summed E-state index contributed by atoms with van der Waals surface area (Å²) in [4.78, 5) is 0. The van der Waals surface area contributed by atoms with E-state index in [9.17, 15) is 0 Å². The largest absolute Gasteiger partial charge is 0.378 e. The van der Waals surface area contributed by atoms with Crippen LogP contribution in [0.2, 0.25) is 0 Å². The predicted molar refractivity (Wildman–Crippen MR) is 168 cm³/mol. The van der Waals surface area contributed by atoms with Crippen molar-refractivity contribution in [3.63, 3.8) is 0 Å². The zero-order chi connectivity index (χ0) is 27.2. The Morgan fingerprint density at radius 3 is 0.816 bits per heavy atom. The highest BCUT2D eigenvalue weighted by Gasteiger charge is 2.51. The van der Waals surface area contributed by atoms with Crippen molar-refractivity contribution in [2.75, 3.05) is 14.2 Å². The van der Waals surface area contributed by atoms with Crippen molar-refractivity contribution in [1.82, 2.24) is 0 Å². The molecule has 4 rings (SSSR count). The minimum Gasteiger partial charge on any atom is -0.378 e. The maximum Gasteiger partial charge on any atom is 0.0937 e. The van der Waals surface area contributed by atoms with E-state index in [2.05, 4.69) is 149 Å². The molecule has 0 amide bonds. The van der Waals surface area contributed by atoms with E-state index in [-0.39, 0.29) is 22.5 Å². The highest BCUT2D eigenvalue weighted by atomic mass is 31.1. The monoisotopic (exact) mass is 542 g/mol. The summed E-state index contributed by atoms with van der Waals surface area (Å²) >= 11 is 0. The van der Waals surface area contributed by atoms with Gasteiger partial charge in [0.05, 0.1) is 12.2 Å². The number of rotatable bonds is 11. The third kappa shape index (κ3) is 5.95. The summed E-state index contributed by atoms with van der Waals surface area (Å²) in [5, 5.41) is 4.95. The van der Waals surface area contributed by atoms with E-state index in [1.807, 2.05) is 14.2 Å². The van der Waals surface area contributed by atoms with Gasteiger partial charge in [0.15, 0.2) is 0 Å². The second kappa shape index (κ2) is 12.7. The summed E-state index contributed by atoms with van der Waals surface area (Å²) in [7, 11) is 2.20. The van der Waals surface area contributed by atoms with Crippen molar-refractivity contribution in [2.24, 2.45) is 0 Å². The van der Waals surface area contributed by atoms with Gasteiger partial charge in [0.25, 0.3) is 0 Å². The van der Waals surface area contributed by atoms with Crippen molar-refractivity contribution < 1.29 is 9.47 Å². The second-order valence-electron chi connectivity index (χ2n) is 10.6. The van der Waals surface area contributed by atoms with Gasteiger partial charge in [-0.25, -0.2) is 0 Å². The Hall–Kier alpha value is -2.34. The van der Waals surface area contributed by atoms with Crippen LogP contribution in [-0.4, -0.2) is 36.7 Å². The van der Waals surface area contributed by atoms with Gasteiger partial charge in [-0.05, 0) is 37.1 Å². The molecular weight excluding hydrogens is 502 g/mol. The number of methoxy groups -OCH3 is 2. The Labute approximate surface area is 231 Å². The third-order valence-electron chi connectivity index (χ3n) is 7.39. The van der Waals surface area contributed by atoms with Gasteiger partial charge in [-0.1, -0.05) is 149 Å². The van der Waals surface area contributed by atoms with Crippen LogP contribution in [0.15, 0.2) is 121 Å². The molecule has 2 nitrogen and oxygen atoms in total. The van der Waals surface area contributed by atoms with Crippen molar-refractivity contribution in [3.8, 4) is 0 Å². The molecular formula is C34H40O2P2. The van der Waals surface area contributed by atoms with Crippen molar-refractivity contribution in [3.05, 3.63) is 121 Å². The highest BCUT2D eigenvalue weighted by Crippen LogP contribution is 2.56. The third-order valence-corrected chi connectivity index (χ3v) is 13.5. The van der Waals surface area contributed by atoms with E-state index >= 15 is 0 Å². The Balaban J connectivity index is 1.83. The summed E-state index contributed by atoms with van der Waals surface area (Å²) in [6.45, 7) is 9.45. The Kier molecular flexibility index (Phi) is 9.56. The molecule has 0 saturated heterocycles. The van der Waals surface area contributed by atoms with Gasteiger partial charge in [0, 0.05) is 24.5 Å². The topological polar surface area (TPSA) is 18.5 Å². The van der Waals surface area contributed by atoms with Crippen LogP contribution >= 0.6 is 15.8 Å². The van der Waals surface area contributed by atoms with Crippen LogP contribution in [0.25, 0.3) is 0 Å². The molecule has 2 atom stereocenters. The fourth-order valence-electron chi connectivity index (χ4n) is 5.76. The molecule has 4 heteroatoms. The van der Waals surface area contributed by atoms with Crippen LogP contribution in [-0.2, 0) is 9.47 Å². The summed E-state index contributed by atoms with van der Waals surface area (Å²) in [5.74, 6) is 0. The smallest absolute Gasteiger partial charge is 0.0937 e. The Morgan fingerprint density at radius 1 is 0.421 bits per heavy atom. The number of benzene rings is 4. The lowest BCUT2D eigenvalue weighted by molar-refractivity contribution is -0.0636. The maximum atomic E-state index is 6.50. The van der Waals surface area contributed by atoms with Crippen molar-refractivity contribution in [2.45, 2.75) is 50.2 Å². The SMILES string of the molecule is COC(C(OC)C(C)(C)P(c1ccccc1)c1ccccc1)C(C)(C)P(c1ccccc1)c1ccccc1. The molecule has 0 radical (unpaired) electrons. The van der Waals surface area contributed by atoms with Gasteiger partial charge in [-0.3, -0.25) is 0 Å². The lowest BCUT2D eigenvalue weighted by Gasteiger charge is -2.50. The first-order valence-electron chi connectivity index (χ1n) is 13.2. The van der Waals surface area contributed by atoms with Crippen LogP contribution < -0.4 is 21.2 Å². The molecule has 38 heavy (non-hydrogen) atoms. The molecule has 198 valence electrons. The van der Waals surface area contributed by atoms with Gasteiger partial charge in [-0.15, -0.1) is 0 Å². The molecule has 0 aliphatic rings. The molecule has 0 heterocycles. The lowest BCUT2D eigenvalue weighted by atomic mass is 9.92. The molecule has 4 aromatic rings. The summed E-state index contributed by atoms with van der Waals surface area (Å²) < 4.78 is 13.0. The molecule has 0 aliphatic carbocycles. The highest BCUT2D eigenvalue weighted by molar-refractivity contribution is 7.75. The van der Waals surface area contributed by atoms with Crippen LogP contribution in [0.1, 0.15) is 27.7 Å². The summed E-state index contributed by atoms with van der Waals surface area (Å²) in [6.07, 6.45) is -0.294. The quantitative estimate of drug-likeness (QED) is 0.193. The van der Waals surface area contributed by atoms with E-state index in [1.165, 1.54) is 21.2 Å². The van der Waals surface area contributed by atoms with E-state index in [0.717, 1.165) is 0 Å². The molecule has 0 aliphatic heterocycles. The number of ether oxygens (including phenoxy) is 2. The van der Waals surface area contributed by atoms with Crippen LogP contribution in [0.3, 0.4) is 0 Å². The zero-order valence-corrected chi connectivity index (χ0v) is 25.2. The van der Waals surface area contributed by atoms with Crippen LogP contribution in [0.5, 0.6) is 0 Å². The molecule has 0 spiro atoms. The predicted octanol–water partition coefficient (Wildman–Crippen LogP) is 6.84. The average molecular weight is 543 g/mol. The van der Waals surface area contributed by atoms with E-state index in [4.69, 9.17) is 9.47 Å². The zero-order valence-electron chi connectivity index (χ0n) is 23.4. The first-order valence-corrected chi connectivity index (χ1v) is 15.9. The molecule has 0 N–H and O–H groups in total. The van der Waals surface area contributed by atoms with E-state index < -0.39 is 15.8 Å². The molecule has 0 fully saturated rings. The number of hydrogen-bond donors (Lipinski definition) is 0. The Morgan fingerprint density at radius 2 is 0.632 bits per heavy atom. The molecule has 2 unspecified atom stereocenters. The standard InChI is InChI=1S/C34H40O2P2/c1-33(2,37(27-19-11-7-12-20-27)28-21-13-8-14-22-28)31(35-5)32(36-6)34(3,4)38(29-23-15-9-16-24-29)30-25-17-10-18-26-30/h7-26,31-32H,1-6H3. The van der Waals surface area contributed by atoms with Crippen LogP contribution in [0, 0.1) is 0 Å². The van der Waals surface area contributed by atoms with Gasteiger partial charge in [0.1, 0.15) is 0 Å². The van der Waals surface area contributed by atoms with Gasteiger partial charge >= 0.3 is 0 Å². The minimum absolute atomic E-state index is 0.147. The molecule has 0 aromatic heterocycles. The van der Waals surface area contributed by atoms with Gasteiger partial charge in [0.2, 0.25) is 0 Å². The normalized spacial score (nSPS) is 14.0. The Bertz CT molecular complexity index is 1060. The van der Waals surface area contributed by atoms with E-state index in [1.54, 1.807) is 0 Å². The van der Waals surface area contributed by atoms with Crippen LogP contribution in [0.4, 0.5) is 0 Å². The van der Waals surface area contributed by atoms with E-state index in [0.29, 0.717) is 0 Å². The number of hydrogen-bond acceptors (Lipinski definition) is 2. The van der Waals surface area contributed by atoms with Gasteiger partial charge in [-0.2, -0.15) is 0 Å². The molecule has 0 saturated carbocycles. The van der Waals surface area contributed by atoms with Crippen molar-refractivity contribution in [1.29, 1.82) is 0 Å². The first-order chi connectivity index (χ1) is 18.3. The molecule has 4 aromatic carbocycles. The minimum atomic E-state index is -0.750. The fraction of sp³-hybridized carbons (Fsp3) is 0.294. The summed E-state index contributed by atoms with van der Waals surface area (Å²) in [5.41, 5.74) is 0. The summed E-state index contributed by atoms with van der Waals surface area (Å²) in [6, 6.07) is 43.7. The second-order valence-corrected chi connectivity index (χ2v) is 16.3. The van der Waals surface area contributed by atoms with Crippen molar-refractivity contribution >= 4 is 37.1 Å². The molecule has 0 bridgehead atoms. The van der Waals surface area contributed by atoms with Gasteiger partial charge < -0.3 is 9.47 Å². The average Bonchev–Trinajstić information content (AvgIpc) is 2.93. The maximum absolute atomic E-state index is 6.50. The first kappa shape index (κ1) is 28.7. The fourth-order valence-corrected chi connectivity index (χ4v) is 11.9.